The lowest BCUT2D eigenvalue weighted by Crippen LogP contribution is -2.27. The molecule has 1 aliphatic rings. The first-order valence-corrected chi connectivity index (χ1v) is 10.9. The van der Waals surface area contributed by atoms with Gasteiger partial charge in [-0.05, 0) is 62.4 Å². The molecule has 3 rings (SSSR count). The standard InChI is InChI=1S/C20H21ClN6S2/c1-12-4-6-15(7-5-12)18-27(26-14(3)29-18)20(25-19(23)28-13(2)22)24-17-10-8-16(21)9-11-17/h4-11,18,22H,1-3H3,(H2,23,24,25). The fourth-order valence-corrected chi connectivity index (χ4v) is 4.13. The minimum absolute atomic E-state index is 0.107. The van der Waals surface area contributed by atoms with Gasteiger partial charge in [-0.25, -0.2) is 10.0 Å². The third-order valence-corrected chi connectivity index (χ3v) is 5.82. The maximum Gasteiger partial charge on any atom is 0.250 e. The highest BCUT2D eigenvalue weighted by Gasteiger charge is 2.31. The Bertz CT molecular complexity index is 983. The number of hydrazone groups is 1. The van der Waals surface area contributed by atoms with Crippen molar-refractivity contribution >= 4 is 62.0 Å². The Balaban J connectivity index is 2.03. The molecule has 0 spiro atoms. The number of halogens is 1. The highest BCUT2D eigenvalue weighted by atomic mass is 35.5. The van der Waals surface area contributed by atoms with E-state index in [0.717, 1.165) is 22.4 Å². The van der Waals surface area contributed by atoms with Gasteiger partial charge in [0.1, 0.15) is 5.37 Å². The quantitative estimate of drug-likeness (QED) is 0.455. The number of nitrogens with two attached hydrogens (primary N) is 1. The maximum absolute atomic E-state index is 7.65. The van der Waals surface area contributed by atoms with Crippen LogP contribution in [-0.4, -0.2) is 26.2 Å². The minimum Gasteiger partial charge on any atom is -0.378 e. The average Bonchev–Trinajstić information content (AvgIpc) is 3.04. The number of hydrogen-bond acceptors (Lipinski definition) is 5. The van der Waals surface area contributed by atoms with Gasteiger partial charge in [-0.15, -0.1) is 0 Å². The average molecular weight is 445 g/mol. The zero-order valence-corrected chi connectivity index (χ0v) is 18.6. The number of nitrogens with zero attached hydrogens (tertiary/aromatic N) is 4. The van der Waals surface area contributed by atoms with Crippen LogP contribution in [0.1, 0.15) is 30.3 Å². The van der Waals surface area contributed by atoms with Gasteiger partial charge in [0.2, 0.25) is 0 Å². The molecule has 6 nitrogen and oxygen atoms in total. The number of aliphatic imine (C=N–C) groups is 2. The first-order valence-electron chi connectivity index (χ1n) is 8.81. The molecule has 1 unspecified atom stereocenters. The highest BCUT2D eigenvalue weighted by Crippen LogP contribution is 2.40. The molecule has 1 aliphatic heterocycles. The summed E-state index contributed by atoms with van der Waals surface area (Å²) in [7, 11) is 0. The summed E-state index contributed by atoms with van der Waals surface area (Å²) in [6.45, 7) is 5.67. The monoisotopic (exact) mass is 444 g/mol. The van der Waals surface area contributed by atoms with Crippen LogP contribution in [-0.2, 0) is 0 Å². The molecular formula is C20H21ClN6S2. The van der Waals surface area contributed by atoms with Crippen molar-refractivity contribution in [1.29, 1.82) is 5.41 Å². The minimum atomic E-state index is -0.107. The predicted molar refractivity (Wildman–Crippen MR) is 128 cm³/mol. The number of nitrogens with one attached hydrogen (secondary N) is 1. The smallest absolute Gasteiger partial charge is 0.250 e. The van der Waals surface area contributed by atoms with E-state index in [2.05, 4.69) is 46.3 Å². The van der Waals surface area contributed by atoms with E-state index < -0.39 is 0 Å². The first-order chi connectivity index (χ1) is 13.8. The summed E-state index contributed by atoms with van der Waals surface area (Å²) in [5.74, 6) is 0.355. The number of hydrogen-bond donors (Lipinski definition) is 2. The van der Waals surface area contributed by atoms with E-state index in [9.17, 15) is 0 Å². The first kappa shape index (κ1) is 21.4. The highest BCUT2D eigenvalue weighted by molar-refractivity contribution is 8.26. The lowest BCUT2D eigenvalue weighted by molar-refractivity contribution is 0.434. The van der Waals surface area contributed by atoms with Gasteiger partial charge in [0.25, 0.3) is 5.96 Å². The Morgan fingerprint density at radius 3 is 2.45 bits per heavy atom. The van der Waals surface area contributed by atoms with Crippen LogP contribution < -0.4 is 5.73 Å². The molecular weight excluding hydrogens is 424 g/mol. The van der Waals surface area contributed by atoms with Gasteiger partial charge in [0.15, 0.2) is 5.17 Å². The molecule has 0 aromatic heterocycles. The summed E-state index contributed by atoms with van der Waals surface area (Å²) in [4.78, 5) is 9.15. The van der Waals surface area contributed by atoms with Crippen LogP contribution in [0.3, 0.4) is 0 Å². The van der Waals surface area contributed by atoms with Gasteiger partial charge < -0.3 is 5.73 Å². The Hall–Kier alpha value is -2.29. The van der Waals surface area contributed by atoms with Gasteiger partial charge in [-0.3, -0.25) is 5.41 Å². The van der Waals surface area contributed by atoms with Crippen molar-refractivity contribution in [1.82, 2.24) is 5.01 Å². The van der Waals surface area contributed by atoms with Crippen LogP contribution in [0.2, 0.25) is 5.02 Å². The summed E-state index contributed by atoms with van der Waals surface area (Å²) in [6, 6.07) is 15.5. The summed E-state index contributed by atoms with van der Waals surface area (Å²) in [6.07, 6.45) is 0. The van der Waals surface area contributed by atoms with E-state index in [0.29, 0.717) is 21.7 Å². The predicted octanol–water partition coefficient (Wildman–Crippen LogP) is 5.76. The van der Waals surface area contributed by atoms with Crippen LogP contribution in [0.4, 0.5) is 5.69 Å². The molecule has 1 heterocycles. The summed E-state index contributed by atoms with van der Waals surface area (Å²) in [5.41, 5.74) is 9.02. The van der Waals surface area contributed by atoms with E-state index in [1.54, 1.807) is 35.8 Å². The zero-order chi connectivity index (χ0) is 21.0. The Morgan fingerprint density at radius 1 is 1.17 bits per heavy atom. The normalized spacial score (nSPS) is 17.4. The second-order valence-corrected chi connectivity index (χ2v) is 9.29. The van der Waals surface area contributed by atoms with Gasteiger partial charge in [0, 0.05) is 5.02 Å². The third-order valence-electron chi connectivity index (χ3n) is 3.84. The van der Waals surface area contributed by atoms with Crippen LogP contribution in [0, 0.1) is 12.3 Å². The molecule has 9 heteroatoms. The van der Waals surface area contributed by atoms with Crippen molar-refractivity contribution in [3.63, 3.8) is 0 Å². The maximum atomic E-state index is 7.65. The largest absolute Gasteiger partial charge is 0.378 e. The van der Waals surface area contributed by atoms with Crippen molar-refractivity contribution < 1.29 is 0 Å². The second kappa shape index (κ2) is 9.47. The Morgan fingerprint density at radius 2 is 1.83 bits per heavy atom. The van der Waals surface area contributed by atoms with E-state index >= 15 is 0 Å². The molecule has 0 saturated heterocycles. The molecule has 2 aromatic carbocycles. The van der Waals surface area contributed by atoms with Gasteiger partial charge in [-0.1, -0.05) is 53.2 Å². The van der Waals surface area contributed by atoms with Gasteiger partial charge in [-0.2, -0.15) is 10.1 Å². The molecule has 0 saturated carbocycles. The van der Waals surface area contributed by atoms with Crippen LogP contribution in [0.5, 0.6) is 0 Å². The molecule has 0 fully saturated rings. The third kappa shape index (κ3) is 5.85. The van der Waals surface area contributed by atoms with Crippen LogP contribution >= 0.6 is 35.1 Å². The number of thioether (sulfide) groups is 2. The number of benzene rings is 2. The Labute approximate surface area is 183 Å². The van der Waals surface area contributed by atoms with Crippen molar-refractivity contribution in [3.05, 3.63) is 64.7 Å². The van der Waals surface area contributed by atoms with E-state index in [4.69, 9.17) is 22.7 Å². The van der Waals surface area contributed by atoms with Gasteiger partial charge >= 0.3 is 0 Å². The molecule has 0 aliphatic carbocycles. The summed E-state index contributed by atoms with van der Waals surface area (Å²) >= 11 is 8.70. The van der Waals surface area contributed by atoms with Crippen LogP contribution in [0.25, 0.3) is 0 Å². The topological polar surface area (TPSA) is 90.2 Å². The van der Waals surface area contributed by atoms with Crippen molar-refractivity contribution in [3.8, 4) is 0 Å². The fourth-order valence-electron chi connectivity index (χ4n) is 2.57. The molecule has 0 radical (unpaired) electrons. The molecule has 2 aromatic rings. The molecule has 0 bridgehead atoms. The second-order valence-electron chi connectivity index (χ2n) is 6.34. The number of guanidine groups is 1. The molecule has 1 atom stereocenters. The Kier molecular flexibility index (Phi) is 7.00. The number of amidine groups is 1. The van der Waals surface area contributed by atoms with Crippen molar-refractivity contribution in [2.75, 3.05) is 0 Å². The summed E-state index contributed by atoms with van der Waals surface area (Å²) in [5, 5.41) is 16.1. The molecule has 0 amide bonds. The molecule has 29 heavy (non-hydrogen) atoms. The van der Waals surface area contributed by atoms with Crippen molar-refractivity contribution in [2.24, 2.45) is 20.8 Å². The number of aryl methyl sites for hydroxylation is 1. The summed E-state index contributed by atoms with van der Waals surface area (Å²) < 4.78 is 0. The number of rotatable bonds is 2. The van der Waals surface area contributed by atoms with Crippen LogP contribution in [0.15, 0.2) is 63.6 Å². The van der Waals surface area contributed by atoms with E-state index in [1.807, 2.05) is 19.1 Å². The van der Waals surface area contributed by atoms with Gasteiger partial charge in [0.05, 0.1) is 15.8 Å². The lowest BCUT2D eigenvalue weighted by Gasteiger charge is -2.22. The van der Waals surface area contributed by atoms with Crippen molar-refractivity contribution in [2.45, 2.75) is 26.1 Å². The zero-order valence-electron chi connectivity index (χ0n) is 16.3. The molecule has 3 N–H and O–H groups in total. The van der Waals surface area contributed by atoms with E-state index in [-0.39, 0.29) is 10.5 Å². The lowest BCUT2D eigenvalue weighted by atomic mass is 10.1. The fraction of sp³-hybridized carbons (Fsp3) is 0.200. The van der Waals surface area contributed by atoms with E-state index in [1.165, 1.54) is 5.56 Å². The molecule has 150 valence electrons. The SMILES string of the molecule is CC(=N)S/C(N)=N/C(=Nc1ccc(Cl)cc1)N1N=C(C)SC1c1ccc(C)cc1.